The van der Waals surface area contributed by atoms with Crippen LogP contribution in [0.5, 0.6) is 0 Å². The normalized spacial score (nSPS) is 17.1. The Hall–Kier alpha value is -1.91. The number of rotatable bonds is 2. The number of aromatic nitrogens is 3. The van der Waals surface area contributed by atoms with Gasteiger partial charge >= 0.3 is 0 Å². The van der Waals surface area contributed by atoms with Crippen molar-refractivity contribution in [2.45, 2.75) is 32.7 Å². The number of para-hydroxylation sites is 1. The standard InChI is InChI=1S/C15H20N4O/c1-11(2)15(20)18-9-7-12(8-10-18)19-14-6-4-3-5-13(14)16-17-19/h3-6,11-12H,7-10H2,1-2H3. The number of hydrogen-bond acceptors (Lipinski definition) is 3. The third-order valence-corrected chi connectivity index (χ3v) is 3.99. The molecule has 1 aromatic carbocycles. The molecule has 20 heavy (non-hydrogen) atoms. The Bertz CT molecular complexity index is 611. The topological polar surface area (TPSA) is 51.0 Å². The number of benzene rings is 1. The molecule has 0 unspecified atom stereocenters. The average Bonchev–Trinajstić information content (AvgIpc) is 2.90. The maximum Gasteiger partial charge on any atom is 0.225 e. The molecule has 0 saturated carbocycles. The van der Waals surface area contributed by atoms with E-state index in [1.165, 1.54) is 0 Å². The third kappa shape index (κ3) is 2.28. The summed E-state index contributed by atoms with van der Waals surface area (Å²) >= 11 is 0. The van der Waals surface area contributed by atoms with Crippen molar-refractivity contribution in [2.75, 3.05) is 13.1 Å². The first kappa shape index (κ1) is 13.1. The van der Waals surface area contributed by atoms with Crippen LogP contribution in [0.3, 0.4) is 0 Å². The van der Waals surface area contributed by atoms with Crippen molar-refractivity contribution in [3.8, 4) is 0 Å². The van der Waals surface area contributed by atoms with Crippen molar-refractivity contribution in [1.29, 1.82) is 0 Å². The SMILES string of the molecule is CC(C)C(=O)N1CCC(n2nnc3ccccc32)CC1. The second-order valence-corrected chi connectivity index (χ2v) is 5.73. The van der Waals surface area contributed by atoms with Crippen molar-refractivity contribution in [1.82, 2.24) is 19.9 Å². The van der Waals surface area contributed by atoms with E-state index in [1.807, 2.05) is 41.6 Å². The van der Waals surface area contributed by atoms with Gasteiger partial charge in [0.1, 0.15) is 5.52 Å². The second kappa shape index (κ2) is 5.23. The predicted molar refractivity (Wildman–Crippen MR) is 77.2 cm³/mol. The van der Waals surface area contributed by atoms with Crippen LogP contribution < -0.4 is 0 Å². The lowest BCUT2D eigenvalue weighted by Crippen LogP contribution is -2.41. The summed E-state index contributed by atoms with van der Waals surface area (Å²) in [5.74, 6) is 0.339. The van der Waals surface area contributed by atoms with Gasteiger partial charge < -0.3 is 4.90 Å². The minimum atomic E-state index is 0.0822. The molecule has 3 rings (SSSR count). The van der Waals surface area contributed by atoms with Crippen LogP contribution in [0, 0.1) is 5.92 Å². The quantitative estimate of drug-likeness (QED) is 0.842. The van der Waals surface area contributed by atoms with Gasteiger partial charge in [-0.2, -0.15) is 0 Å². The van der Waals surface area contributed by atoms with Crippen molar-refractivity contribution in [3.63, 3.8) is 0 Å². The van der Waals surface area contributed by atoms with Crippen LogP contribution in [-0.4, -0.2) is 38.9 Å². The zero-order valence-electron chi connectivity index (χ0n) is 12.0. The van der Waals surface area contributed by atoms with Crippen LogP contribution in [0.15, 0.2) is 24.3 Å². The summed E-state index contributed by atoms with van der Waals surface area (Å²) in [7, 11) is 0. The number of nitrogens with zero attached hydrogens (tertiary/aromatic N) is 4. The molecule has 1 amide bonds. The van der Waals surface area contributed by atoms with Crippen LogP contribution in [0.2, 0.25) is 0 Å². The maximum absolute atomic E-state index is 12.0. The van der Waals surface area contributed by atoms with E-state index < -0.39 is 0 Å². The molecule has 106 valence electrons. The fraction of sp³-hybridized carbons (Fsp3) is 0.533. The highest BCUT2D eigenvalue weighted by molar-refractivity contribution is 5.78. The van der Waals surface area contributed by atoms with Crippen LogP contribution in [0.4, 0.5) is 0 Å². The third-order valence-electron chi connectivity index (χ3n) is 3.99. The average molecular weight is 272 g/mol. The highest BCUT2D eigenvalue weighted by Gasteiger charge is 2.26. The molecule has 2 aromatic rings. The first-order valence-corrected chi connectivity index (χ1v) is 7.25. The van der Waals surface area contributed by atoms with Gasteiger partial charge in [-0.1, -0.05) is 31.2 Å². The first-order chi connectivity index (χ1) is 9.66. The number of likely N-dealkylation sites (tertiary alicyclic amines) is 1. The molecule has 0 spiro atoms. The molecule has 5 heteroatoms. The fourth-order valence-electron chi connectivity index (χ4n) is 2.85. The molecule has 5 nitrogen and oxygen atoms in total. The Morgan fingerprint density at radius 2 is 1.95 bits per heavy atom. The number of hydrogen-bond donors (Lipinski definition) is 0. The minimum Gasteiger partial charge on any atom is -0.342 e. The Morgan fingerprint density at radius 3 is 2.65 bits per heavy atom. The van der Waals surface area contributed by atoms with Gasteiger partial charge in [0.25, 0.3) is 0 Å². The molecule has 1 aromatic heterocycles. The summed E-state index contributed by atoms with van der Waals surface area (Å²) in [5.41, 5.74) is 2.02. The highest BCUT2D eigenvalue weighted by Crippen LogP contribution is 2.25. The van der Waals surface area contributed by atoms with E-state index in [4.69, 9.17) is 0 Å². The molecule has 0 atom stereocenters. The van der Waals surface area contributed by atoms with E-state index in [0.29, 0.717) is 6.04 Å². The first-order valence-electron chi connectivity index (χ1n) is 7.25. The number of amides is 1. The molecule has 2 heterocycles. The summed E-state index contributed by atoms with van der Waals surface area (Å²) in [5, 5.41) is 8.50. The molecular weight excluding hydrogens is 252 g/mol. The van der Waals surface area contributed by atoms with E-state index in [1.54, 1.807) is 0 Å². The van der Waals surface area contributed by atoms with Gasteiger partial charge in [0, 0.05) is 19.0 Å². The smallest absolute Gasteiger partial charge is 0.225 e. The van der Waals surface area contributed by atoms with Crippen LogP contribution >= 0.6 is 0 Å². The lowest BCUT2D eigenvalue weighted by molar-refractivity contribution is -0.135. The number of carbonyl (C=O) groups excluding carboxylic acids is 1. The highest BCUT2D eigenvalue weighted by atomic mass is 16.2. The van der Waals surface area contributed by atoms with Gasteiger partial charge in [0.2, 0.25) is 5.91 Å². The molecule has 0 N–H and O–H groups in total. The fourth-order valence-corrected chi connectivity index (χ4v) is 2.85. The molecule has 0 bridgehead atoms. The predicted octanol–water partition coefficient (Wildman–Crippen LogP) is 2.25. The Kier molecular flexibility index (Phi) is 3.42. The minimum absolute atomic E-state index is 0.0822. The van der Waals surface area contributed by atoms with Gasteiger partial charge in [-0.3, -0.25) is 4.79 Å². The lowest BCUT2D eigenvalue weighted by Gasteiger charge is -2.33. The summed E-state index contributed by atoms with van der Waals surface area (Å²) in [6.07, 6.45) is 1.90. The van der Waals surface area contributed by atoms with E-state index >= 15 is 0 Å². The summed E-state index contributed by atoms with van der Waals surface area (Å²) in [6, 6.07) is 8.38. The number of carbonyl (C=O) groups is 1. The van der Waals surface area contributed by atoms with E-state index in [2.05, 4.69) is 16.4 Å². The molecule has 1 fully saturated rings. The van der Waals surface area contributed by atoms with Crippen molar-refractivity contribution >= 4 is 16.9 Å². The van der Waals surface area contributed by atoms with E-state index in [9.17, 15) is 4.79 Å². The number of fused-ring (bicyclic) bond motifs is 1. The Balaban J connectivity index is 1.74. The molecular formula is C15H20N4O. The van der Waals surface area contributed by atoms with Gasteiger partial charge in [-0.15, -0.1) is 5.10 Å². The van der Waals surface area contributed by atoms with Crippen molar-refractivity contribution in [3.05, 3.63) is 24.3 Å². The zero-order valence-corrected chi connectivity index (χ0v) is 12.0. The zero-order chi connectivity index (χ0) is 14.1. The Labute approximate surface area is 118 Å². The molecule has 1 saturated heterocycles. The largest absolute Gasteiger partial charge is 0.342 e. The number of piperidine rings is 1. The van der Waals surface area contributed by atoms with Gasteiger partial charge in [0.15, 0.2) is 0 Å². The van der Waals surface area contributed by atoms with E-state index in [0.717, 1.165) is 37.0 Å². The van der Waals surface area contributed by atoms with Gasteiger partial charge in [0.05, 0.1) is 11.6 Å². The maximum atomic E-state index is 12.0. The molecule has 0 aliphatic carbocycles. The summed E-state index contributed by atoms with van der Waals surface area (Å²) < 4.78 is 2.02. The van der Waals surface area contributed by atoms with Crippen molar-refractivity contribution < 1.29 is 4.79 Å². The van der Waals surface area contributed by atoms with Gasteiger partial charge in [-0.25, -0.2) is 4.68 Å². The lowest BCUT2D eigenvalue weighted by atomic mass is 10.0. The van der Waals surface area contributed by atoms with Crippen LogP contribution in [0.1, 0.15) is 32.7 Å². The molecule has 1 aliphatic rings. The monoisotopic (exact) mass is 272 g/mol. The molecule has 1 aliphatic heterocycles. The Morgan fingerprint density at radius 1 is 1.25 bits per heavy atom. The van der Waals surface area contributed by atoms with Gasteiger partial charge in [-0.05, 0) is 25.0 Å². The summed E-state index contributed by atoms with van der Waals surface area (Å²) in [6.45, 7) is 5.55. The van der Waals surface area contributed by atoms with E-state index in [-0.39, 0.29) is 11.8 Å². The van der Waals surface area contributed by atoms with Crippen molar-refractivity contribution in [2.24, 2.45) is 5.92 Å². The van der Waals surface area contributed by atoms with Crippen LogP contribution in [0.25, 0.3) is 11.0 Å². The second-order valence-electron chi connectivity index (χ2n) is 5.73. The van der Waals surface area contributed by atoms with Crippen LogP contribution in [-0.2, 0) is 4.79 Å². The summed E-state index contributed by atoms with van der Waals surface area (Å²) in [4.78, 5) is 14.0. The molecule has 0 radical (unpaired) electrons.